The summed E-state index contributed by atoms with van der Waals surface area (Å²) >= 11 is 1.02. The summed E-state index contributed by atoms with van der Waals surface area (Å²) in [6, 6.07) is -0.0818. The smallest absolute Gasteiger partial charge is 0.336 e. The van der Waals surface area contributed by atoms with Crippen molar-refractivity contribution in [3.05, 3.63) is 10.6 Å². The maximum absolute atomic E-state index is 12.4. The molecule has 2 rings (SSSR count). The number of halogens is 3. The first-order valence-electron chi connectivity index (χ1n) is 5.16. The zero-order valence-electron chi connectivity index (χ0n) is 9.12. The van der Waals surface area contributed by atoms with Crippen LogP contribution in [0.4, 0.5) is 18.3 Å². The van der Waals surface area contributed by atoms with Crippen molar-refractivity contribution in [2.24, 2.45) is 0 Å². The Balaban J connectivity index is 2.23. The van der Waals surface area contributed by atoms with E-state index in [1.165, 1.54) is 4.90 Å². The van der Waals surface area contributed by atoms with Gasteiger partial charge in [-0.05, 0) is 19.8 Å². The summed E-state index contributed by atoms with van der Waals surface area (Å²) in [6.07, 6.45) is -2.10. The zero-order valence-corrected chi connectivity index (χ0v) is 9.94. The molecule has 0 unspecified atom stereocenters. The fourth-order valence-electron chi connectivity index (χ4n) is 1.56. The lowest BCUT2D eigenvalue weighted by Crippen LogP contribution is -2.35. The molecule has 1 aromatic heterocycles. The summed E-state index contributed by atoms with van der Waals surface area (Å²) in [6.45, 7) is 0.630. The molecule has 0 atom stereocenters. The monoisotopic (exact) mass is 264 g/mol. The number of anilines is 1. The molecule has 94 valence electrons. The van der Waals surface area contributed by atoms with Crippen molar-refractivity contribution in [3.63, 3.8) is 0 Å². The molecule has 1 fully saturated rings. The maximum Gasteiger partial charge on any atom is 0.406 e. The van der Waals surface area contributed by atoms with Gasteiger partial charge < -0.3 is 4.90 Å². The third-order valence-corrected chi connectivity index (χ3v) is 3.63. The molecule has 0 spiro atoms. The Labute approximate surface area is 100 Å². The molecular formula is C10H11F3N2OS. The number of aryl methyl sites for hydroxylation is 1. The van der Waals surface area contributed by atoms with Crippen LogP contribution in [0.5, 0.6) is 0 Å². The second kappa shape index (κ2) is 4.29. The number of aldehydes is 1. The first kappa shape index (κ1) is 12.3. The Morgan fingerprint density at radius 2 is 2.18 bits per heavy atom. The normalized spacial score (nSPS) is 16.0. The molecule has 1 saturated carbocycles. The van der Waals surface area contributed by atoms with Gasteiger partial charge in [0.25, 0.3) is 0 Å². The van der Waals surface area contributed by atoms with Crippen molar-refractivity contribution >= 4 is 22.8 Å². The Morgan fingerprint density at radius 1 is 1.53 bits per heavy atom. The van der Waals surface area contributed by atoms with Crippen LogP contribution >= 0.6 is 11.3 Å². The van der Waals surface area contributed by atoms with Crippen LogP contribution in [0.1, 0.15) is 28.2 Å². The van der Waals surface area contributed by atoms with Crippen LogP contribution in [0.25, 0.3) is 0 Å². The number of carbonyl (C=O) groups is 1. The average Bonchev–Trinajstić information content (AvgIpc) is 2.97. The third kappa shape index (κ3) is 2.96. The van der Waals surface area contributed by atoms with E-state index in [0.717, 1.165) is 24.2 Å². The van der Waals surface area contributed by atoms with Crippen molar-refractivity contribution in [3.8, 4) is 0 Å². The maximum atomic E-state index is 12.4. The van der Waals surface area contributed by atoms with Gasteiger partial charge in [0.1, 0.15) is 6.54 Å². The minimum atomic E-state index is -4.25. The first-order valence-corrected chi connectivity index (χ1v) is 5.98. The van der Waals surface area contributed by atoms with Crippen LogP contribution in [0.2, 0.25) is 0 Å². The molecule has 1 aromatic rings. The van der Waals surface area contributed by atoms with Gasteiger partial charge in [0.05, 0.1) is 10.6 Å². The SMILES string of the molecule is Cc1nc(N(CC(F)(F)F)C2CC2)sc1C=O. The van der Waals surface area contributed by atoms with E-state index in [9.17, 15) is 18.0 Å². The Bertz CT molecular complexity index is 426. The lowest BCUT2D eigenvalue weighted by Gasteiger charge is -2.22. The molecule has 0 bridgehead atoms. The fraction of sp³-hybridized carbons (Fsp3) is 0.600. The van der Waals surface area contributed by atoms with E-state index in [4.69, 9.17) is 0 Å². The lowest BCUT2D eigenvalue weighted by atomic mass is 10.4. The minimum Gasteiger partial charge on any atom is -0.336 e. The van der Waals surface area contributed by atoms with Crippen molar-refractivity contribution in [2.45, 2.75) is 32.0 Å². The van der Waals surface area contributed by atoms with Crippen molar-refractivity contribution in [1.82, 2.24) is 4.98 Å². The van der Waals surface area contributed by atoms with Crippen LogP contribution in [0.3, 0.4) is 0 Å². The summed E-state index contributed by atoms with van der Waals surface area (Å²) in [5, 5.41) is 0.296. The quantitative estimate of drug-likeness (QED) is 0.784. The Morgan fingerprint density at radius 3 is 2.59 bits per heavy atom. The van der Waals surface area contributed by atoms with Crippen molar-refractivity contribution < 1.29 is 18.0 Å². The number of alkyl halides is 3. The van der Waals surface area contributed by atoms with Gasteiger partial charge in [0.2, 0.25) is 0 Å². The molecule has 0 amide bonds. The minimum absolute atomic E-state index is 0.0818. The van der Waals surface area contributed by atoms with E-state index < -0.39 is 12.7 Å². The van der Waals surface area contributed by atoms with Gasteiger partial charge in [-0.1, -0.05) is 11.3 Å². The largest absolute Gasteiger partial charge is 0.406 e. The highest BCUT2D eigenvalue weighted by molar-refractivity contribution is 7.17. The summed E-state index contributed by atoms with van der Waals surface area (Å²) < 4.78 is 37.3. The second-order valence-electron chi connectivity index (χ2n) is 4.04. The summed E-state index contributed by atoms with van der Waals surface area (Å²) in [4.78, 5) is 16.4. The number of thiazole rings is 1. The number of hydrogen-bond acceptors (Lipinski definition) is 4. The Kier molecular flexibility index (Phi) is 3.11. The second-order valence-corrected chi connectivity index (χ2v) is 5.05. The predicted octanol–water partition coefficient (Wildman–Crippen LogP) is 2.80. The van der Waals surface area contributed by atoms with Crippen LogP contribution in [-0.2, 0) is 0 Å². The highest BCUT2D eigenvalue weighted by Gasteiger charge is 2.39. The highest BCUT2D eigenvalue weighted by Crippen LogP contribution is 2.36. The van der Waals surface area contributed by atoms with Crippen molar-refractivity contribution in [1.29, 1.82) is 0 Å². The zero-order chi connectivity index (χ0) is 12.6. The van der Waals surface area contributed by atoms with Gasteiger partial charge in [-0.3, -0.25) is 4.79 Å². The third-order valence-electron chi connectivity index (χ3n) is 2.51. The first-order chi connectivity index (χ1) is 7.90. The van der Waals surface area contributed by atoms with Crippen LogP contribution in [-0.4, -0.2) is 30.0 Å². The number of carbonyl (C=O) groups excluding carboxylic acids is 1. The van der Waals surface area contributed by atoms with Gasteiger partial charge in [-0.25, -0.2) is 4.98 Å². The standard InChI is InChI=1S/C10H11F3N2OS/c1-6-8(4-16)17-9(14-6)15(7-2-3-7)5-10(11,12)13/h4,7H,2-3,5H2,1H3. The molecular weight excluding hydrogens is 253 g/mol. The molecule has 0 aliphatic heterocycles. The van der Waals surface area contributed by atoms with E-state index in [0.29, 0.717) is 22.0 Å². The number of nitrogens with zero attached hydrogens (tertiary/aromatic N) is 2. The van der Waals surface area contributed by atoms with Gasteiger partial charge in [0.15, 0.2) is 11.4 Å². The van der Waals surface area contributed by atoms with E-state index in [1.54, 1.807) is 6.92 Å². The van der Waals surface area contributed by atoms with E-state index in [2.05, 4.69) is 4.98 Å². The summed E-state index contributed by atoms with van der Waals surface area (Å²) in [5.41, 5.74) is 0.493. The molecule has 1 aliphatic carbocycles. The van der Waals surface area contributed by atoms with Crippen LogP contribution in [0, 0.1) is 6.92 Å². The highest BCUT2D eigenvalue weighted by atomic mass is 32.1. The van der Waals surface area contributed by atoms with Crippen LogP contribution < -0.4 is 4.90 Å². The topological polar surface area (TPSA) is 33.2 Å². The van der Waals surface area contributed by atoms with Gasteiger partial charge in [-0.15, -0.1) is 0 Å². The van der Waals surface area contributed by atoms with Crippen molar-refractivity contribution in [2.75, 3.05) is 11.4 Å². The summed E-state index contributed by atoms with van der Waals surface area (Å²) in [7, 11) is 0. The van der Waals surface area contributed by atoms with Gasteiger partial charge >= 0.3 is 6.18 Å². The van der Waals surface area contributed by atoms with E-state index in [-0.39, 0.29) is 6.04 Å². The molecule has 17 heavy (non-hydrogen) atoms. The average molecular weight is 264 g/mol. The lowest BCUT2D eigenvalue weighted by molar-refractivity contribution is -0.120. The molecule has 1 aliphatic rings. The molecule has 0 aromatic carbocycles. The molecule has 0 saturated heterocycles. The molecule has 7 heteroatoms. The molecule has 0 radical (unpaired) electrons. The van der Waals surface area contributed by atoms with E-state index in [1.807, 2.05) is 0 Å². The predicted molar refractivity (Wildman–Crippen MR) is 58.7 cm³/mol. The van der Waals surface area contributed by atoms with Crippen LogP contribution in [0.15, 0.2) is 0 Å². The Hall–Kier alpha value is -1.11. The van der Waals surface area contributed by atoms with E-state index >= 15 is 0 Å². The van der Waals surface area contributed by atoms with Gasteiger partial charge in [-0.2, -0.15) is 13.2 Å². The fourth-order valence-corrected chi connectivity index (χ4v) is 2.51. The number of aromatic nitrogens is 1. The number of hydrogen-bond donors (Lipinski definition) is 0. The molecule has 1 heterocycles. The molecule has 3 nitrogen and oxygen atoms in total. The number of rotatable bonds is 4. The molecule has 0 N–H and O–H groups in total. The van der Waals surface area contributed by atoms with Gasteiger partial charge in [0, 0.05) is 6.04 Å². The summed E-state index contributed by atoms with van der Waals surface area (Å²) in [5.74, 6) is 0.